The maximum Gasteiger partial charge on any atom is 0.133 e. The smallest absolute Gasteiger partial charge is 0.133 e. The van der Waals surface area contributed by atoms with Crippen LogP contribution in [0.3, 0.4) is 0 Å². The Balaban J connectivity index is 2.27. The normalized spacial score (nSPS) is 14.3. The SMILES string of the molecule is CC(CNc1nccc2ccc(O)cc12)S(C)=O. The van der Waals surface area contributed by atoms with Crippen LogP contribution in [0.4, 0.5) is 5.82 Å². The van der Waals surface area contributed by atoms with Gasteiger partial charge in [-0.15, -0.1) is 0 Å². The molecule has 2 rings (SSSR count). The lowest BCUT2D eigenvalue weighted by atomic mass is 10.1. The Morgan fingerprint density at radius 3 is 2.94 bits per heavy atom. The number of anilines is 1. The summed E-state index contributed by atoms with van der Waals surface area (Å²) in [6, 6.07) is 7.06. The molecule has 0 saturated heterocycles. The Morgan fingerprint density at radius 1 is 1.44 bits per heavy atom. The Bertz CT molecular complexity index is 586. The van der Waals surface area contributed by atoms with Crippen molar-refractivity contribution in [3.63, 3.8) is 0 Å². The van der Waals surface area contributed by atoms with Crippen molar-refractivity contribution in [3.05, 3.63) is 30.5 Å². The van der Waals surface area contributed by atoms with Crippen molar-refractivity contribution in [2.75, 3.05) is 18.1 Å². The lowest BCUT2D eigenvalue weighted by Gasteiger charge is -2.12. The number of nitrogens with one attached hydrogen (secondary N) is 1. The zero-order valence-electron chi connectivity index (χ0n) is 10.4. The summed E-state index contributed by atoms with van der Waals surface area (Å²) in [7, 11) is -0.862. The van der Waals surface area contributed by atoms with Gasteiger partial charge in [0.15, 0.2) is 0 Å². The predicted octanol–water partition coefficient (Wildman–Crippen LogP) is 2.12. The van der Waals surface area contributed by atoms with Crippen molar-refractivity contribution in [1.82, 2.24) is 4.98 Å². The van der Waals surface area contributed by atoms with Gasteiger partial charge in [-0.3, -0.25) is 4.21 Å². The van der Waals surface area contributed by atoms with Crippen LogP contribution in [0.5, 0.6) is 5.75 Å². The number of benzene rings is 1. The van der Waals surface area contributed by atoms with E-state index in [1.54, 1.807) is 24.6 Å². The van der Waals surface area contributed by atoms with E-state index < -0.39 is 10.8 Å². The number of aromatic hydroxyl groups is 1. The van der Waals surface area contributed by atoms with E-state index in [0.29, 0.717) is 12.4 Å². The van der Waals surface area contributed by atoms with Gasteiger partial charge in [0.25, 0.3) is 0 Å². The molecule has 1 aromatic heterocycles. The first-order valence-electron chi connectivity index (χ1n) is 5.72. The number of phenolic OH excluding ortho intramolecular Hbond substituents is 1. The van der Waals surface area contributed by atoms with E-state index in [4.69, 9.17) is 0 Å². The van der Waals surface area contributed by atoms with Gasteiger partial charge < -0.3 is 10.4 Å². The second-order valence-electron chi connectivity index (χ2n) is 4.26. The second kappa shape index (κ2) is 5.35. The highest BCUT2D eigenvalue weighted by Gasteiger charge is 2.08. The molecule has 2 atom stereocenters. The van der Waals surface area contributed by atoms with E-state index in [2.05, 4.69) is 10.3 Å². The van der Waals surface area contributed by atoms with Crippen LogP contribution in [0.2, 0.25) is 0 Å². The Kier molecular flexibility index (Phi) is 3.81. The van der Waals surface area contributed by atoms with E-state index in [1.807, 2.05) is 19.1 Å². The number of nitrogens with zero attached hydrogens (tertiary/aromatic N) is 1. The molecule has 1 heterocycles. The molecule has 96 valence electrons. The van der Waals surface area contributed by atoms with Crippen LogP contribution in [0.15, 0.2) is 30.5 Å². The molecule has 0 radical (unpaired) electrons. The third-order valence-corrected chi connectivity index (χ3v) is 4.17. The number of pyridine rings is 1. The zero-order valence-corrected chi connectivity index (χ0v) is 11.2. The first-order valence-corrected chi connectivity index (χ1v) is 7.34. The predicted molar refractivity (Wildman–Crippen MR) is 75.4 cm³/mol. The fraction of sp³-hybridized carbons (Fsp3) is 0.308. The van der Waals surface area contributed by atoms with Gasteiger partial charge in [-0.1, -0.05) is 6.07 Å². The number of fused-ring (bicyclic) bond motifs is 1. The molecule has 2 N–H and O–H groups in total. The molecule has 0 spiro atoms. The third-order valence-electron chi connectivity index (χ3n) is 2.87. The first kappa shape index (κ1) is 12.8. The largest absolute Gasteiger partial charge is 0.508 e. The summed E-state index contributed by atoms with van der Waals surface area (Å²) in [4.78, 5) is 4.26. The number of rotatable bonds is 4. The van der Waals surface area contributed by atoms with Crippen LogP contribution in [-0.4, -0.2) is 32.3 Å². The second-order valence-corrected chi connectivity index (χ2v) is 6.06. The van der Waals surface area contributed by atoms with Gasteiger partial charge in [-0.2, -0.15) is 0 Å². The minimum absolute atomic E-state index is 0.0550. The molecule has 0 fully saturated rings. The molecule has 0 aliphatic rings. The molecule has 0 saturated carbocycles. The number of phenols is 1. The number of aromatic nitrogens is 1. The summed E-state index contributed by atoms with van der Waals surface area (Å²) < 4.78 is 11.3. The van der Waals surface area contributed by atoms with Crippen LogP contribution >= 0.6 is 0 Å². The molecule has 0 bridgehead atoms. The van der Waals surface area contributed by atoms with Crippen molar-refractivity contribution in [3.8, 4) is 5.75 Å². The monoisotopic (exact) mass is 264 g/mol. The molecular weight excluding hydrogens is 248 g/mol. The molecule has 1 aromatic carbocycles. The highest BCUT2D eigenvalue weighted by molar-refractivity contribution is 7.84. The Hall–Kier alpha value is -1.62. The van der Waals surface area contributed by atoms with Crippen molar-refractivity contribution in [2.24, 2.45) is 0 Å². The van der Waals surface area contributed by atoms with Gasteiger partial charge in [0.2, 0.25) is 0 Å². The van der Waals surface area contributed by atoms with Crippen LogP contribution in [0.1, 0.15) is 6.92 Å². The summed E-state index contributed by atoms with van der Waals surface area (Å²) in [5.74, 6) is 0.923. The van der Waals surface area contributed by atoms with E-state index >= 15 is 0 Å². The van der Waals surface area contributed by atoms with Gasteiger partial charge in [-0.25, -0.2) is 4.98 Å². The average Bonchev–Trinajstić information content (AvgIpc) is 2.35. The van der Waals surface area contributed by atoms with Gasteiger partial charge in [0.05, 0.1) is 0 Å². The highest BCUT2D eigenvalue weighted by atomic mass is 32.2. The summed E-state index contributed by atoms with van der Waals surface area (Å²) in [6.45, 7) is 2.51. The minimum Gasteiger partial charge on any atom is -0.508 e. The van der Waals surface area contributed by atoms with E-state index in [0.717, 1.165) is 10.8 Å². The summed E-state index contributed by atoms with van der Waals surface area (Å²) in [5.41, 5.74) is 0. The highest BCUT2D eigenvalue weighted by Crippen LogP contribution is 2.24. The molecule has 2 unspecified atom stereocenters. The summed E-state index contributed by atoms with van der Waals surface area (Å²) >= 11 is 0. The molecule has 2 aromatic rings. The van der Waals surface area contributed by atoms with Crippen LogP contribution < -0.4 is 5.32 Å². The molecule has 0 amide bonds. The van der Waals surface area contributed by atoms with E-state index in [1.165, 1.54) is 0 Å². The molecular formula is C13H16N2O2S. The molecule has 5 heteroatoms. The fourth-order valence-corrected chi connectivity index (χ4v) is 1.97. The first-order chi connectivity index (χ1) is 8.58. The van der Waals surface area contributed by atoms with Crippen LogP contribution in [0, 0.1) is 0 Å². The van der Waals surface area contributed by atoms with Crippen molar-refractivity contribution >= 4 is 27.4 Å². The number of hydrogen-bond acceptors (Lipinski definition) is 4. The standard InChI is InChI=1S/C13H16N2O2S/c1-9(18(2)17)8-15-13-12-7-11(16)4-3-10(12)5-6-14-13/h3-7,9,16H,8H2,1-2H3,(H,14,15). The number of hydrogen-bond donors (Lipinski definition) is 2. The van der Waals surface area contributed by atoms with Gasteiger partial charge in [0, 0.05) is 40.4 Å². The molecule has 0 aliphatic heterocycles. The van der Waals surface area contributed by atoms with E-state index in [9.17, 15) is 9.32 Å². The quantitative estimate of drug-likeness (QED) is 0.888. The molecule has 4 nitrogen and oxygen atoms in total. The van der Waals surface area contributed by atoms with Gasteiger partial charge in [-0.05, 0) is 30.5 Å². The summed E-state index contributed by atoms with van der Waals surface area (Å²) in [6.07, 6.45) is 3.41. The Morgan fingerprint density at radius 2 is 2.22 bits per heavy atom. The lowest BCUT2D eigenvalue weighted by Crippen LogP contribution is -2.21. The van der Waals surface area contributed by atoms with Crippen molar-refractivity contribution in [1.29, 1.82) is 0 Å². The maximum atomic E-state index is 11.3. The fourth-order valence-electron chi connectivity index (χ4n) is 1.65. The minimum atomic E-state index is -0.862. The average molecular weight is 264 g/mol. The van der Waals surface area contributed by atoms with Crippen molar-refractivity contribution < 1.29 is 9.32 Å². The summed E-state index contributed by atoms with van der Waals surface area (Å²) in [5, 5.41) is 14.6. The molecule has 0 aliphatic carbocycles. The van der Waals surface area contributed by atoms with E-state index in [-0.39, 0.29) is 11.0 Å². The zero-order chi connectivity index (χ0) is 13.1. The van der Waals surface area contributed by atoms with Crippen LogP contribution in [0.25, 0.3) is 10.8 Å². The maximum absolute atomic E-state index is 11.3. The topological polar surface area (TPSA) is 62.2 Å². The van der Waals surface area contributed by atoms with Crippen molar-refractivity contribution in [2.45, 2.75) is 12.2 Å². The molecule has 18 heavy (non-hydrogen) atoms. The lowest BCUT2D eigenvalue weighted by molar-refractivity contribution is 0.476. The Labute approximate surface area is 109 Å². The third kappa shape index (κ3) is 2.79. The van der Waals surface area contributed by atoms with Crippen LogP contribution in [-0.2, 0) is 10.8 Å². The van der Waals surface area contributed by atoms with Gasteiger partial charge >= 0.3 is 0 Å². The van der Waals surface area contributed by atoms with Gasteiger partial charge in [0.1, 0.15) is 11.6 Å².